The van der Waals surface area contributed by atoms with Crippen LogP contribution in [0, 0.1) is 5.41 Å². The first-order valence-corrected chi connectivity index (χ1v) is 10.6. The number of nitrogens with one attached hydrogen (secondary N) is 1. The molecule has 0 saturated heterocycles. The van der Waals surface area contributed by atoms with Crippen LogP contribution in [0.5, 0.6) is 0 Å². The van der Waals surface area contributed by atoms with Gasteiger partial charge in [-0.3, -0.25) is 4.79 Å². The fourth-order valence-corrected chi connectivity index (χ4v) is 4.41. The van der Waals surface area contributed by atoms with Gasteiger partial charge in [0.25, 0.3) is 0 Å². The molecule has 0 amide bonds. The van der Waals surface area contributed by atoms with E-state index in [1.807, 2.05) is 19.1 Å². The van der Waals surface area contributed by atoms with Crippen LogP contribution in [0.15, 0.2) is 46.8 Å². The number of esters is 1. The van der Waals surface area contributed by atoms with Gasteiger partial charge in [0, 0.05) is 36.4 Å². The fourth-order valence-electron chi connectivity index (χ4n) is 4.41. The minimum Gasteiger partial charge on any atom is -0.460 e. The number of dihydropyridines is 1. The zero-order valence-corrected chi connectivity index (χ0v) is 18.9. The fraction of sp³-hybridized carbons (Fsp3) is 0.520. The van der Waals surface area contributed by atoms with Crippen molar-refractivity contribution in [2.75, 3.05) is 20.3 Å². The van der Waals surface area contributed by atoms with Gasteiger partial charge in [-0.1, -0.05) is 52.0 Å². The van der Waals surface area contributed by atoms with E-state index in [-0.39, 0.29) is 17.8 Å². The van der Waals surface area contributed by atoms with Crippen molar-refractivity contribution in [1.82, 2.24) is 5.32 Å². The molecular weight excluding hydrogens is 378 g/mol. The lowest BCUT2D eigenvalue weighted by atomic mass is 9.68. The van der Waals surface area contributed by atoms with E-state index in [4.69, 9.17) is 9.47 Å². The summed E-state index contributed by atoms with van der Waals surface area (Å²) in [6.45, 7) is 10.9. The summed E-state index contributed by atoms with van der Waals surface area (Å²) >= 11 is 0. The van der Waals surface area contributed by atoms with Crippen LogP contribution < -0.4 is 5.32 Å². The lowest BCUT2D eigenvalue weighted by Gasteiger charge is -2.39. The maximum atomic E-state index is 13.2. The summed E-state index contributed by atoms with van der Waals surface area (Å²) in [4.78, 5) is 26.3. The molecule has 0 fully saturated rings. The van der Waals surface area contributed by atoms with Crippen molar-refractivity contribution in [3.05, 3.63) is 57.9 Å². The van der Waals surface area contributed by atoms with E-state index >= 15 is 0 Å². The number of rotatable bonds is 6. The summed E-state index contributed by atoms with van der Waals surface area (Å²) < 4.78 is 10.5. The van der Waals surface area contributed by atoms with Gasteiger partial charge in [0.05, 0.1) is 12.2 Å². The number of benzene rings is 1. The highest BCUT2D eigenvalue weighted by Gasteiger charge is 2.43. The highest BCUT2D eigenvalue weighted by atomic mass is 16.6. The molecule has 0 unspecified atom stereocenters. The average molecular weight is 412 g/mol. The minimum atomic E-state index is -0.416. The zero-order chi connectivity index (χ0) is 22.1. The van der Waals surface area contributed by atoms with E-state index in [0.29, 0.717) is 30.1 Å². The van der Waals surface area contributed by atoms with Gasteiger partial charge in [0.15, 0.2) is 5.78 Å². The van der Waals surface area contributed by atoms with Gasteiger partial charge in [-0.05, 0) is 35.8 Å². The molecule has 5 nitrogen and oxygen atoms in total. The average Bonchev–Trinajstić information content (AvgIpc) is 2.66. The van der Waals surface area contributed by atoms with Crippen LogP contribution in [0.25, 0.3) is 0 Å². The van der Waals surface area contributed by atoms with E-state index < -0.39 is 11.9 Å². The number of Topliss-reactive ketones (excluding diaryl/α,β-unsaturated/α-hetero) is 1. The molecule has 2 aliphatic rings. The molecule has 0 bridgehead atoms. The third-order valence-electron chi connectivity index (χ3n) is 5.92. The number of methoxy groups -OCH3 is 1. The predicted octanol–water partition coefficient (Wildman–Crippen LogP) is 4.60. The monoisotopic (exact) mass is 411 g/mol. The Balaban J connectivity index is 2.07. The van der Waals surface area contributed by atoms with E-state index in [9.17, 15) is 9.59 Å². The minimum absolute atomic E-state index is 0.0985. The van der Waals surface area contributed by atoms with Crippen LogP contribution in [0.1, 0.15) is 70.4 Å². The molecule has 1 N–H and O–H groups in total. The van der Waals surface area contributed by atoms with Crippen molar-refractivity contribution < 1.29 is 19.1 Å². The van der Waals surface area contributed by atoms with Gasteiger partial charge in [0.2, 0.25) is 0 Å². The van der Waals surface area contributed by atoms with Crippen LogP contribution in [-0.4, -0.2) is 32.1 Å². The van der Waals surface area contributed by atoms with Crippen LogP contribution in [-0.2, 0) is 19.1 Å². The van der Waals surface area contributed by atoms with Gasteiger partial charge >= 0.3 is 5.97 Å². The van der Waals surface area contributed by atoms with Gasteiger partial charge in [-0.15, -0.1) is 0 Å². The second-order valence-electron chi connectivity index (χ2n) is 9.38. The quantitative estimate of drug-likeness (QED) is 0.547. The lowest BCUT2D eigenvalue weighted by Crippen LogP contribution is -2.38. The normalized spacial score (nSPS) is 20.9. The Morgan fingerprint density at radius 3 is 2.43 bits per heavy atom. The van der Waals surface area contributed by atoms with Crippen molar-refractivity contribution in [3.8, 4) is 0 Å². The summed E-state index contributed by atoms with van der Waals surface area (Å²) in [6.07, 6.45) is 1.25. The molecule has 1 aliphatic carbocycles. The molecular formula is C25H33NO4. The second-order valence-corrected chi connectivity index (χ2v) is 9.38. The standard InChI is InChI=1S/C25H33NO4/c1-15(2)17-7-9-18(10-8-17)22-21(24(28)30-12-11-29-6)16(3)26-19-13-25(4,5)14-20(27)23(19)22/h7-10,15,22,26H,11-14H2,1-6H3/t22-/m0/s1. The van der Waals surface area contributed by atoms with Crippen LogP contribution in [0.4, 0.5) is 0 Å². The van der Waals surface area contributed by atoms with Gasteiger partial charge in [-0.25, -0.2) is 4.79 Å². The molecule has 5 heteroatoms. The Hall–Kier alpha value is -2.40. The van der Waals surface area contributed by atoms with Crippen molar-refractivity contribution in [2.45, 2.75) is 59.3 Å². The summed E-state index contributed by atoms with van der Waals surface area (Å²) in [6, 6.07) is 8.25. The Morgan fingerprint density at radius 2 is 1.83 bits per heavy atom. The highest BCUT2D eigenvalue weighted by Crippen LogP contribution is 2.46. The number of ketones is 1. The molecule has 162 valence electrons. The maximum absolute atomic E-state index is 13.2. The molecule has 1 atom stereocenters. The number of ether oxygens (including phenoxy) is 2. The summed E-state index contributed by atoms with van der Waals surface area (Å²) in [7, 11) is 1.57. The van der Waals surface area contributed by atoms with E-state index in [1.54, 1.807) is 7.11 Å². The van der Waals surface area contributed by atoms with E-state index in [0.717, 1.165) is 23.4 Å². The smallest absolute Gasteiger partial charge is 0.336 e. The van der Waals surface area contributed by atoms with Crippen LogP contribution >= 0.6 is 0 Å². The Kier molecular flexibility index (Phi) is 6.51. The topological polar surface area (TPSA) is 64.6 Å². The first-order chi connectivity index (χ1) is 14.1. The molecule has 30 heavy (non-hydrogen) atoms. The third-order valence-corrected chi connectivity index (χ3v) is 5.92. The summed E-state index contributed by atoms with van der Waals surface area (Å²) in [5.41, 5.74) is 4.96. The largest absolute Gasteiger partial charge is 0.460 e. The van der Waals surface area contributed by atoms with Gasteiger partial charge < -0.3 is 14.8 Å². The number of carbonyl (C=O) groups excluding carboxylic acids is 2. The zero-order valence-electron chi connectivity index (χ0n) is 18.9. The Bertz CT molecular complexity index is 890. The lowest BCUT2D eigenvalue weighted by molar-refractivity contribution is -0.140. The van der Waals surface area contributed by atoms with Gasteiger partial charge in [-0.2, -0.15) is 0 Å². The predicted molar refractivity (Wildman–Crippen MR) is 117 cm³/mol. The first kappa shape index (κ1) is 22.3. The van der Waals surface area contributed by atoms with E-state index in [2.05, 4.69) is 45.1 Å². The maximum Gasteiger partial charge on any atom is 0.336 e. The molecule has 1 aliphatic heterocycles. The molecule has 0 spiro atoms. The second kappa shape index (κ2) is 8.76. The van der Waals surface area contributed by atoms with Crippen LogP contribution in [0.2, 0.25) is 0 Å². The highest BCUT2D eigenvalue weighted by molar-refractivity contribution is 6.04. The molecule has 0 aromatic heterocycles. The number of carbonyl (C=O) groups is 2. The van der Waals surface area contributed by atoms with Crippen molar-refractivity contribution in [2.24, 2.45) is 5.41 Å². The van der Waals surface area contributed by atoms with Crippen molar-refractivity contribution >= 4 is 11.8 Å². The van der Waals surface area contributed by atoms with Crippen molar-refractivity contribution in [3.63, 3.8) is 0 Å². The molecule has 3 rings (SSSR count). The van der Waals surface area contributed by atoms with E-state index in [1.165, 1.54) is 5.56 Å². The molecule has 0 radical (unpaired) electrons. The number of allylic oxidation sites excluding steroid dienone is 3. The molecule has 1 aromatic rings. The summed E-state index contributed by atoms with van der Waals surface area (Å²) in [5, 5.41) is 3.36. The molecule has 0 saturated carbocycles. The van der Waals surface area contributed by atoms with Gasteiger partial charge in [0.1, 0.15) is 6.61 Å². The number of hydrogen-bond donors (Lipinski definition) is 1. The third kappa shape index (κ3) is 4.51. The summed E-state index contributed by atoms with van der Waals surface area (Å²) in [5.74, 6) is -0.309. The molecule has 1 aromatic carbocycles. The molecule has 1 heterocycles. The SMILES string of the molecule is COCCOC(=O)C1=C(C)NC2=C(C(=O)CC(C)(C)C2)[C@H]1c1ccc(C(C)C)cc1. The van der Waals surface area contributed by atoms with Crippen LogP contribution in [0.3, 0.4) is 0 Å². The Morgan fingerprint density at radius 1 is 1.17 bits per heavy atom. The Labute approximate surface area is 179 Å². The first-order valence-electron chi connectivity index (χ1n) is 10.6. The number of hydrogen-bond acceptors (Lipinski definition) is 5. The van der Waals surface area contributed by atoms with Crippen molar-refractivity contribution in [1.29, 1.82) is 0 Å².